The second-order valence-corrected chi connectivity index (χ2v) is 5.10. The Morgan fingerprint density at radius 2 is 2.38 bits per heavy atom. The van der Waals surface area contributed by atoms with Gasteiger partial charge in [-0.05, 0) is 23.8 Å². The maximum absolute atomic E-state index is 5.91. The number of nitrogen functional groups attached to an aromatic ring is 1. The molecule has 0 bridgehead atoms. The molecule has 16 heavy (non-hydrogen) atoms. The summed E-state index contributed by atoms with van der Waals surface area (Å²) in [7, 11) is 0. The highest BCUT2D eigenvalue weighted by Gasteiger charge is 2.15. The van der Waals surface area contributed by atoms with Crippen LogP contribution in [0.25, 0.3) is 10.4 Å². The first-order chi connectivity index (χ1) is 7.72. The molecule has 0 radical (unpaired) electrons. The standard InChI is InChI=1S/C12H17N3S/c1-3-8(2)7-9-11(12(13)15-14-9)10-5-4-6-16-10/h4-6,8H,3,7H2,1-2H3,(H3,13,14,15). The average molecular weight is 235 g/mol. The predicted molar refractivity (Wildman–Crippen MR) is 69.5 cm³/mol. The number of H-pyrrole nitrogens is 1. The number of anilines is 1. The largest absolute Gasteiger partial charge is 0.382 e. The minimum Gasteiger partial charge on any atom is -0.382 e. The molecule has 1 atom stereocenters. The highest BCUT2D eigenvalue weighted by atomic mass is 32.1. The van der Waals surface area contributed by atoms with Crippen LogP contribution in [0.1, 0.15) is 26.0 Å². The van der Waals surface area contributed by atoms with Crippen LogP contribution in [-0.4, -0.2) is 10.2 Å². The minimum absolute atomic E-state index is 0.612. The van der Waals surface area contributed by atoms with Crippen LogP contribution in [0.15, 0.2) is 17.5 Å². The Morgan fingerprint density at radius 3 is 3.00 bits per heavy atom. The van der Waals surface area contributed by atoms with Gasteiger partial charge in [0.2, 0.25) is 0 Å². The molecular weight excluding hydrogens is 218 g/mol. The molecule has 0 aliphatic carbocycles. The van der Waals surface area contributed by atoms with Crippen LogP contribution in [0.3, 0.4) is 0 Å². The Labute approximate surface area is 99.7 Å². The number of hydrogen-bond donors (Lipinski definition) is 2. The number of aromatic nitrogens is 2. The van der Waals surface area contributed by atoms with Gasteiger partial charge in [0.05, 0.1) is 5.56 Å². The molecule has 3 N–H and O–H groups in total. The van der Waals surface area contributed by atoms with Gasteiger partial charge in [-0.2, -0.15) is 5.10 Å². The number of nitrogens with zero attached hydrogens (tertiary/aromatic N) is 1. The summed E-state index contributed by atoms with van der Waals surface area (Å²) in [6, 6.07) is 4.13. The highest BCUT2D eigenvalue weighted by Crippen LogP contribution is 2.32. The monoisotopic (exact) mass is 235 g/mol. The highest BCUT2D eigenvalue weighted by molar-refractivity contribution is 7.13. The zero-order valence-electron chi connectivity index (χ0n) is 9.66. The number of rotatable bonds is 4. The Balaban J connectivity index is 2.33. The number of nitrogens with two attached hydrogens (primary N) is 1. The minimum atomic E-state index is 0.612. The lowest BCUT2D eigenvalue weighted by molar-refractivity contribution is 0.552. The van der Waals surface area contributed by atoms with E-state index in [0.29, 0.717) is 11.7 Å². The molecule has 0 aromatic carbocycles. The number of aromatic amines is 1. The summed E-state index contributed by atoms with van der Waals surface area (Å²) in [6.07, 6.45) is 2.18. The Kier molecular flexibility index (Phi) is 3.29. The van der Waals surface area contributed by atoms with E-state index in [0.717, 1.165) is 17.7 Å². The summed E-state index contributed by atoms with van der Waals surface area (Å²) >= 11 is 1.70. The smallest absolute Gasteiger partial charge is 0.154 e. The SMILES string of the molecule is CCC(C)Cc1[nH]nc(N)c1-c1cccs1. The van der Waals surface area contributed by atoms with E-state index in [1.54, 1.807) is 11.3 Å². The lowest BCUT2D eigenvalue weighted by Gasteiger charge is -2.07. The van der Waals surface area contributed by atoms with E-state index >= 15 is 0 Å². The molecule has 86 valence electrons. The van der Waals surface area contributed by atoms with Crippen molar-refractivity contribution in [1.29, 1.82) is 0 Å². The van der Waals surface area contributed by atoms with Crippen molar-refractivity contribution in [3.05, 3.63) is 23.2 Å². The van der Waals surface area contributed by atoms with E-state index in [1.807, 2.05) is 6.07 Å². The number of nitrogens with one attached hydrogen (secondary N) is 1. The molecule has 0 spiro atoms. The lowest BCUT2D eigenvalue weighted by atomic mass is 10.00. The van der Waals surface area contributed by atoms with Gasteiger partial charge in [-0.15, -0.1) is 11.3 Å². The van der Waals surface area contributed by atoms with Crippen LogP contribution in [-0.2, 0) is 6.42 Å². The van der Waals surface area contributed by atoms with Gasteiger partial charge in [-0.3, -0.25) is 5.10 Å². The third-order valence-corrected chi connectivity index (χ3v) is 3.77. The molecule has 2 aromatic rings. The van der Waals surface area contributed by atoms with Gasteiger partial charge < -0.3 is 5.73 Å². The van der Waals surface area contributed by atoms with Gasteiger partial charge in [0.15, 0.2) is 5.82 Å². The van der Waals surface area contributed by atoms with Crippen molar-refractivity contribution >= 4 is 17.2 Å². The van der Waals surface area contributed by atoms with Crippen LogP contribution in [0.4, 0.5) is 5.82 Å². The molecule has 1 unspecified atom stereocenters. The van der Waals surface area contributed by atoms with E-state index in [1.165, 1.54) is 11.3 Å². The zero-order valence-corrected chi connectivity index (χ0v) is 10.5. The second-order valence-electron chi connectivity index (χ2n) is 4.16. The molecule has 3 nitrogen and oxygen atoms in total. The van der Waals surface area contributed by atoms with Crippen LogP contribution < -0.4 is 5.73 Å². The third kappa shape index (κ3) is 2.11. The fraction of sp³-hybridized carbons (Fsp3) is 0.417. The lowest BCUT2D eigenvalue weighted by Crippen LogP contribution is -1.99. The molecule has 2 rings (SSSR count). The Hall–Kier alpha value is -1.29. The summed E-state index contributed by atoms with van der Waals surface area (Å²) in [5, 5.41) is 9.24. The van der Waals surface area contributed by atoms with Gasteiger partial charge in [-0.25, -0.2) is 0 Å². The van der Waals surface area contributed by atoms with E-state index in [2.05, 4.69) is 35.5 Å². The summed E-state index contributed by atoms with van der Waals surface area (Å²) in [4.78, 5) is 1.20. The van der Waals surface area contributed by atoms with Gasteiger partial charge in [0.25, 0.3) is 0 Å². The average Bonchev–Trinajstić information content (AvgIpc) is 2.88. The number of hydrogen-bond acceptors (Lipinski definition) is 3. The van der Waals surface area contributed by atoms with E-state index in [-0.39, 0.29) is 0 Å². The third-order valence-electron chi connectivity index (χ3n) is 2.89. The molecule has 0 saturated carbocycles. The fourth-order valence-electron chi connectivity index (χ4n) is 1.73. The zero-order chi connectivity index (χ0) is 11.5. The molecule has 0 amide bonds. The van der Waals surface area contributed by atoms with Crippen molar-refractivity contribution in [2.75, 3.05) is 5.73 Å². The van der Waals surface area contributed by atoms with Gasteiger partial charge in [0.1, 0.15) is 0 Å². The summed E-state index contributed by atoms with van der Waals surface area (Å²) < 4.78 is 0. The van der Waals surface area contributed by atoms with Crippen molar-refractivity contribution in [2.45, 2.75) is 26.7 Å². The second kappa shape index (κ2) is 4.70. The Bertz CT molecular complexity index is 445. The molecule has 4 heteroatoms. The van der Waals surface area contributed by atoms with Crippen molar-refractivity contribution in [2.24, 2.45) is 5.92 Å². The van der Waals surface area contributed by atoms with E-state index in [9.17, 15) is 0 Å². The predicted octanol–water partition coefficient (Wildman–Crippen LogP) is 3.31. The molecule has 0 aliphatic heterocycles. The van der Waals surface area contributed by atoms with Crippen LogP contribution in [0.2, 0.25) is 0 Å². The number of thiophene rings is 1. The quantitative estimate of drug-likeness (QED) is 0.854. The van der Waals surface area contributed by atoms with Gasteiger partial charge in [-0.1, -0.05) is 26.3 Å². The summed E-state index contributed by atoms with van der Waals surface area (Å²) in [6.45, 7) is 4.45. The van der Waals surface area contributed by atoms with E-state index in [4.69, 9.17) is 5.73 Å². The maximum Gasteiger partial charge on any atom is 0.154 e. The normalized spacial score (nSPS) is 12.9. The molecule has 0 saturated heterocycles. The first-order valence-electron chi connectivity index (χ1n) is 5.59. The van der Waals surface area contributed by atoms with Gasteiger partial charge in [0, 0.05) is 10.6 Å². The molecule has 0 fully saturated rings. The maximum atomic E-state index is 5.91. The Morgan fingerprint density at radius 1 is 1.56 bits per heavy atom. The van der Waals surface area contributed by atoms with Crippen LogP contribution in [0, 0.1) is 5.92 Å². The molecule has 2 aromatic heterocycles. The van der Waals surface area contributed by atoms with Crippen molar-refractivity contribution in [3.8, 4) is 10.4 Å². The fourth-order valence-corrected chi connectivity index (χ4v) is 2.54. The molecule has 2 heterocycles. The van der Waals surface area contributed by atoms with Crippen molar-refractivity contribution in [3.63, 3.8) is 0 Å². The van der Waals surface area contributed by atoms with E-state index < -0.39 is 0 Å². The van der Waals surface area contributed by atoms with Crippen LogP contribution in [0.5, 0.6) is 0 Å². The molecule has 0 aliphatic rings. The summed E-state index contributed by atoms with van der Waals surface area (Å²) in [5.74, 6) is 1.26. The molecular formula is C12H17N3S. The first-order valence-corrected chi connectivity index (χ1v) is 6.47. The summed E-state index contributed by atoms with van der Waals surface area (Å²) in [5.41, 5.74) is 8.17. The van der Waals surface area contributed by atoms with Crippen LogP contribution >= 0.6 is 11.3 Å². The van der Waals surface area contributed by atoms with Crippen molar-refractivity contribution in [1.82, 2.24) is 10.2 Å². The first kappa shape index (κ1) is 11.2. The van der Waals surface area contributed by atoms with Crippen molar-refractivity contribution < 1.29 is 0 Å². The topological polar surface area (TPSA) is 54.7 Å². The van der Waals surface area contributed by atoms with Gasteiger partial charge >= 0.3 is 0 Å².